The molecule has 0 amide bonds. The van der Waals surface area contributed by atoms with Crippen LogP contribution in [0.25, 0.3) is 5.69 Å². The number of aromatic nitrogens is 1. The van der Waals surface area contributed by atoms with Crippen LogP contribution in [0, 0.1) is 5.82 Å². The molecule has 112 valence electrons. The summed E-state index contributed by atoms with van der Waals surface area (Å²) in [5.74, 6) is -0.200. The van der Waals surface area contributed by atoms with E-state index in [4.69, 9.17) is 0 Å². The number of halogens is 2. The first kappa shape index (κ1) is 14.8. The minimum atomic E-state index is -0.200. The molecule has 1 aromatic heterocycles. The Hall–Kier alpha value is -2.10. The van der Waals surface area contributed by atoms with E-state index in [1.165, 1.54) is 17.3 Å². The fourth-order valence-corrected chi connectivity index (χ4v) is 3.04. The van der Waals surface area contributed by atoms with Gasteiger partial charge in [0.25, 0.3) is 0 Å². The Labute approximate surface area is 135 Å². The first-order chi connectivity index (χ1) is 10.3. The zero-order valence-electron chi connectivity index (χ0n) is 11.8. The van der Waals surface area contributed by atoms with E-state index in [1.807, 2.05) is 24.3 Å². The molecule has 0 spiro atoms. The SMILES string of the molecule is Fc1cccc(C2NCc3ccccc3-n3cccc32)c1.[Cl-]. The molecule has 3 aromatic rings. The molecule has 1 aliphatic rings. The van der Waals surface area contributed by atoms with Crippen LogP contribution >= 0.6 is 0 Å². The first-order valence-corrected chi connectivity index (χ1v) is 7.07. The summed E-state index contributed by atoms with van der Waals surface area (Å²) >= 11 is 0. The van der Waals surface area contributed by atoms with Crippen LogP contribution in [0.5, 0.6) is 0 Å². The lowest BCUT2D eigenvalue weighted by Gasteiger charge is -2.18. The maximum atomic E-state index is 13.6. The zero-order chi connectivity index (χ0) is 14.2. The van der Waals surface area contributed by atoms with Crippen molar-refractivity contribution in [3.8, 4) is 5.69 Å². The van der Waals surface area contributed by atoms with Crippen molar-refractivity contribution in [3.63, 3.8) is 0 Å². The molecule has 1 aliphatic heterocycles. The Morgan fingerprint density at radius 3 is 2.73 bits per heavy atom. The highest BCUT2D eigenvalue weighted by Gasteiger charge is 2.22. The molecule has 2 aromatic carbocycles. The van der Waals surface area contributed by atoms with Crippen LogP contribution in [-0.4, -0.2) is 4.57 Å². The van der Waals surface area contributed by atoms with Crippen molar-refractivity contribution in [2.75, 3.05) is 0 Å². The molecule has 1 atom stereocenters. The molecular weight excluding hydrogens is 299 g/mol. The smallest absolute Gasteiger partial charge is 0.123 e. The van der Waals surface area contributed by atoms with Gasteiger partial charge in [-0.15, -0.1) is 0 Å². The lowest BCUT2D eigenvalue weighted by Crippen LogP contribution is -3.00. The van der Waals surface area contributed by atoms with E-state index >= 15 is 0 Å². The van der Waals surface area contributed by atoms with Gasteiger partial charge in [-0.05, 0) is 41.5 Å². The molecule has 4 rings (SSSR count). The molecule has 0 radical (unpaired) electrons. The Morgan fingerprint density at radius 2 is 1.86 bits per heavy atom. The standard InChI is InChI=1S/C18H15FN2.ClH/c19-15-7-3-6-13(11-15)18-17-9-4-10-21(17)16-8-2-1-5-14(16)12-20-18;/h1-11,18,20H,12H2;1H/p-1. The lowest BCUT2D eigenvalue weighted by molar-refractivity contribution is -0.00000477. The van der Waals surface area contributed by atoms with Gasteiger partial charge >= 0.3 is 0 Å². The monoisotopic (exact) mass is 313 g/mol. The molecule has 0 fully saturated rings. The summed E-state index contributed by atoms with van der Waals surface area (Å²) < 4.78 is 15.7. The number of hydrogen-bond donors (Lipinski definition) is 1. The summed E-state index contributed by atoms with van der Waals surface area (Å²) in [6.07, 6.45) is 2.06. The number of para-hydroxylation sites is 1. The first-order valence-electron chi connectivity index (χ1n) is 7.07. The number of benzene rings is 2. The van der Waals surface area contributed by atoms with Gasteiger partial charge in [0.15, 0.2) is 0 Å². The fourth-order valence-electron chi connectivity index (χ4n) is 3.04. The van der Waals surface area contributed by atoms with Crippen LogP contribution in [0.15, 0.2) is 66.9 Å². The summed E-state index contributed by atoms with van der Waals surface area (Å²) in [4.78, 5) is 0. The number of nitrogens with zero attached hydrogens (tertiary/aromatic N) is 1. The normalized spacial score (nSPS) is 16.1. The molecular formula is C18H15ClFN2-. The quantitative estimate of drug-likeness (QED) is 0.704. The third kappa shape index (κ3) is 2.43. The van der Waals surface area contributed by atoms with Gasteiger partial charge in [-0.25, -0.2) is 4.39 Å². The fraction of sp³-hybridized carbons (Fsp3) is 0.111. The van der Waals surface area contributed by atoms with Gasteiger partial charge in [-0.2, -0.15) is 0 Å². The van der Waals surface area contributed by atoms with E-state index in [0.29, 0.717) is 0 Å². The summed E-state index contributed by atoms with van der Waals surface area (Å²) in [7, 11) is 0. The van der Waals surface area contributed by atoms with Gasteiger partial charge in [0, 0.05) is 24.1 Å². The minimum Gasteiger partial charge on any atom is -1.00 e. The molecule has 0 saturated carbocycles. The Balaban J connectivity index is 0.00000144. The largest absolute Gasteiger partial charge is 1.00 e. The predicted molar refractivity (Wildman–Crippen MR) is 80.9 cm³/mol. The van der Waals surface area contributed by atoms with Crippen LogP contribution in [0.1, 0.15) is 22.9 Å². The van der Waals surface area contributed by atoms with Gasteiger partial charge in [0.1, 0.15) is 5.82 Å². The molecule has 1 N–H and O–H groups in total. The van der Waals surface area contributed by atoms with Gasteiger partial charge in [-0.3, -0.25) is 0 Å². The van der Waals surface area contributed by atoms with Crippen molar-refractivity contribution < 1.29 is 16.8 Å². The van der Waals surface area contributed by atoms with Crippen molar-refractivity contribution >= 4 is 0 Å². The Bertz CT molecular complexity index is 797. The Kier molecular flexibility index (Phi) is 4.01. The van der Waals surface area contributed by atoms with Crippen molar-refractivity contribution in [3.05, 3.63) is 89.5 Å². The summed E-state index contributed by atoms with van der Waals surface area (Å²) in [6, 6.07) is 19.3. The van der Waals surface area contributed by atoms with Gasteiger partial charge in [0.2, 0.25) is 0 Å². The third-order valence-electron chi connectivity index (χ3n) is 4.01. The van der Waals surface area contributed by atoms with Gasteiger partial charge < -0.3 is 22.3 Å². The summed E-state index contributed by atoms with van der Waals surface area (Å²) in [6.45, 7) is 0.763. The average Bonchev–Trinajstić information content (AvgIpc) is 2.92. The van der Waals surface area contributed by atoms with Crippen molar-refractivity contribution in [1.82, 2.24) is 9.88 Å². The van der Waals surface area contributed by atoms with Crippen molar-refractivity contribution in [2.45, 2.75) is 12.6 Å². The molecule has 1 unspecified atom stereocenters. The number of rotatable bonds is 1. The maximum absolute atomic E-state index is 13.6. The lowest BCUT2D eigenvalue weighted by atomic mass is 10.0. The number of hydrogen-bond acceptors (Lipinski definition) is 1. The van der Waals surface area contributed by atoms with E-state index in [0.717, 1.165) is 17.8 Å². The third-order valence-corrected chi connectivity index (χ3v) is 4.01. The van der Waals surface area contributed by atoms with Crippen molar-refractivity contribution in [2.24, 2.45) is 0 Å². The van der Waals surface area contributed by atoms with E-state index in [-0.39, 0.29) is 24.3 Å². The molecule has 0 aliphatic carbocycles. The second kappa shape index (κ2) is 5.95. The number of fused-ring (bicyclic) bond motifs is 3. The molecule has 2 heterocycles. The molecule has 0 bridgehead atoms. The predicted octanol–water partition coefficient (Wildman–Crippen LogP) is 0.813. The number of nitrogens with one attached hydrogen (secondary N) is 1. The van der Waals surface area contributed by atoms with Crippen LogP contribution < -0.4 is 17.7 Å². The zero-order valence-corrected chi connectivity index (χ0v) is 12.6. The summed E-state index contributed by atoms with van der Waals surface area (Å²) in [5, 5.41) is 3.54. The molecule has 22 heavy (non-hydrogen) atoms. The topological polar surface area (TPSA) is 17.0 Å². The highest BCUT2D eigenvalue weighted by Crippen LogP contribution is 2.30. The van der Waals surface area contributed by atoms with Gasteiger partial charge in [-0.1, -0.05) is 30.3 Å². The van der Waals surface area contributed by atoms with E-state index in [1.54, 1.807) is 12.1 Å². The van der Waals surface area contributed by atoms with Crippen LogP contribution in [-0.2, 0) is 6.54 Å². The van der Waals surface area contributed by atoms with E-state index < -0.39 is 0 Å². The molecule has 4 heteroatoms. The second-order valence-electron chi connectivity index (χ2n) is 5.30. The van der Waals surface area contributed by atoms with E-state index in [9.17, 15) is 4.39 Å². The second-order valence-corrected chi connectivity index (χ2v) is 5.30. The minimum absolute atomic E-state index is 0. The van der Waals surface area contributed by atoms with Crippen LogP contribution in [0.3, 0.4) is 0 Å². The summed E-state index contributed by atoms with van der Waals surface area (Å²) in [5.41, 5.74) is 4.51. The highest BCUT2D eigenvalue weighted by atomic mass is 35.5. The van der Waals surface area contributed by atoms with Crippen LogP contribution in [0.2, 0.25) is 0 Å². The maximum Gasteiger partial charge on any atom is 0.123 e. The van der Waals surface area contributed by atoms with Crippen LogP contribution in [0.4, 0.5) is 4.39 Å². The molecule has 0 saturated heterocycles. The van der Waals surface area contributed by atoms with Gasteiger partial charge in [0.05, 0.1) is 6.04 Å². The Morgan fingerprint density at radius 1 is 1.00 bits per heavy atom. The highest BCUT2D eigenvalue weighted by molar-refractivity contribution is 5.46. The average molecular weight is 314 g/mol. The van der Waals surface area contributed by atoms with Crippen molar-refractivity contribution in [1.29, 1.82) is 0 Å². The molecule has 2 nitrogen and oxygen atoms in total. The van der Waals surface area contributed by atoms with E-state index in [2.05, 4.69) is 34.3 Å².